The summed E-state index contributed by atoms with van der Waals surface area (Å²) in [5.74, 6) is 0.789. The van der Waals surface area contributed by atoms with Crippen molar-refractivity contribution in [3.63, 3.8) is 0 Å². The summed E-state index contributed by atoms with van der Waals surface area (Å²) in [6.45, 7) is 7.28. The average molecular weight is 325 g/mol. The molecule has 1 fully saturated rings. The first-order valence-corrected chi connectivity index (χ1v) is 8.27. The Kier molecular flexibility index (Phi) is 5.05. The van der Waals surface area contributed by atoms with Crippen LogP contribution < -0.4 is 10.2 Å². The lowest BCUT2D eigenvalue weighted by Crippen LogP contribution is -2.53. The van der Waals surface area contributed by atoms with E-state index in [1.807, 2.05) is 44.2 Å². The zero-order valence-corrected chi connectivity index (χ0v) is 14.1. The fraction of sp³-hybridized carbons (Fsp3) is 0.389. The molecule has 0 aliphatic carbocycles. The molecule has 2 heterocycles. The quantitative estimate of drug-likeness (QED) is 0.931. The molecule has 0 spiro atoms. The average Bonchev–Trinajstić information content (AvgIpc) is 2.64. The largest absolute Gasteiger partial charge is 0.338 e. The second kappa shape index (κ2) is 7.40. The predicted octanol–water partition coefficient (Wildman–Crippen LogP) is 1.93. The Morgan fingerprint density at radius 3 is 2.33 bits per heavy atom. The molecule has 1 aliphatic rings. The zero-order valence-electron chi connectivity index (χ0n) is 14.1. The Bertz CT molecular complexity index is 666. The third-order valence-corrected chi connectivity index (χ3v) is 4.40. The Labute approximate surface area is 142 Å². The van der Waals surface area contributed by atoms with Gasteiger partial charge in [-0.15, -0.1) is 0 Å². The monoisotopic (exact) mass is 325 g/mol. The highest BCUT2D eigenvalue weighted by Crippen LogP contribution is 2.14. The van der Waals surface area contributed by atoms with Gasteiger partial charge in [-0.2, -0.15) is 0 Å². The van der Waals surface area contributed by atoms with Crippen molar-refractivity contribution < 1.29 is 4.79 Å². The van der Waals surface area contributed by atoms with E-state index in [1.165, 1.54) is 5.56 Å². The summed E-state index contributed by atoms with van der Waals surface area (Å²) in [5, 5.41) is 2.99. The van der Waals surface area contributed by atoms with Crippen molar-refractivity contribution in [3.05, 3.63) is 48.3 Å². The van der Waals surface area contributed by atoms with Gasteiger partial charge in [0.15, 0.2) is 0 Å². The molecular formula is C18H23N5O. The second-order valence-electron chi connectivity index (χ2n) is 6.10. The Morgan fingerprint density at radius 2 is 1.71 bits per heavy atom. The van der Waals surface area contributed by atoms with Crippen LogP contribution in [0.4, 0.5) is 11.6 Å². The van der Waals surface area contributed by atoms with Gasteiger partial charge >= 0.3 is 0 Å². The third-order valence-electron chi connectivity index (χ3n) is 4.40. The number of hydrogen-bond acceptors (Lipinski definition) is 5. The fourth-order valence-electron chi connectivity index (χ4n) is 2.81. The molecule has 2 aromatic rings. The summed E-state index contributed by atoms with van der Waals surface area (Å²) in [6.07, 6.45) is 3.51. The van der Waals surface area contributed by atoms with Gasteiger partial charge in [0.05, 0.1) is 6.04 Å². The van der Waals surface area contributed by atoms with Crippen LogP contribution in [0.2, 0.25) is 0 Å². The fourth-order valence-corrected chi connectivity index (χ4v) is 2.81. The number of nitrogens with zero attached hydrogens (tertiary/aromatic N) is 4. The summed E-state index contributed by atoms with van der Waals surface area (Å²) in [5.41, 5.74) is 2.02. The lowest BCUT2D eigenvalue weighted by molar-refractivity contribution is -0.120. The molecule has 1 N–H and O–H groups in total. The second-order valence-corrected chi connectivity index (χ2v) is 6.10. The topological polar surface area (TPSA) is 61.4 Å². The van der Waals surface area contributed by atoms with Crippen LogP contribution >= 0.6 is 0 Å². The zero-order chi connectivity index (χ0) is 16.9. The van der Waals surface area contributed by atoms with E-state index < -0.39 is 0 Å². The molecule has 1 aromatic carbocycles. The summed E-state index contributed by atoms with van der Waals surface area (Å²) in [6, 6.07) is 9.52. The van der Waals surface area contributed by atoms with Gasteiger partial charge in [0.1, 0.15) is 0 Å². The maximum atomic E-state index is 12.5. The lowest BCUT2D eigenvalue weighted by atomic mass is 10.2. The highest BCUT2D eigenvalue weighted by molar-refractivity contribution is 5.94. The van der Waals surface area contributed by atoms with Crippen LogP contribution in [-0.2, 0) is 4.79 Å². The molecule has 1 aromatic heterocycles. The van der Waals surface area contributed by atoms with E-state index in [-0.39, 0.29) is 11.9 Å². The molecule has 1 saturated heterocycles. The third kappa shape index (κ3) is 3.89. The number of aromatic nitrogens is 2. The molecule has 126 valence electrons. The van der Waals surface area contributed by atoms with E-state index >= 15 is 0 Å². The summed E-state index contributed by atoms with van der Waals surface area (Å²) in [7, 11) is 0. The van der Waals surface area contributed by atoms with Crippen molar-refractivity contribution in [2.45, 2.75) is 19.9 Å². The Balaban J connectivity index is 1.53. The van der Waals surface area contributed by atoms with Gasteiger partial charge in [-0.05, 0) is 32.0 Å². The van der Waals surface area contributed by atoms with Crippen molar-refractivity contribution in [1.29, 1.82) is 0 Å². The van der Waals surface area contributed by atoms with Crippen LogP contribution in [0, 0.1) is 6.92 Å². The SMILES string of the molecule is Cc1ccc(NC(=O)[C@H](C)N2CCN(c3ncccn3)CC2)cc1. The molecule has 0 saturated carbocycles. The van der Waals surface area contributed by atoms with E-state index in [4.69, 9.17) is 0 Å². The number of nitrogens with one attached hydrogen (secondary N) is 1. The summed E-state index contributed by atoms with van der Waals surface area (Å²) >= 11 is 0. The summed E-state index contributed by atoms with van der Waals surface area (Å²) in [4.78, 5) is 25.4. The van der Waals surface area contributed by atoms with Gasteiger partial charge in [-0.1, -0.05) is 17.7 Å². The maximum Gasteiger partial charge on any atom is 0.241 e. The number of aryl methyl sites for hydroxylation is 1. The number of carbonyl (C=O) groups is 1. The normalized spacial score (nSPS) is 16.7. The highest BCUT2D eigenvalue weighted by atomic mass is 16.2. The molecule has 6 heteroatoms. The van der Waals surface area contributed by atoms with Crippen molar-refractivity contribution in [2.75, 3.05) is 36.4 Å². The van der Waals surface area contributed by atoms with Gasteiger partial charge < -0.3 is 10.2 Å². The van der Waals surface area contributed by atoms with E-state index in [2.05, 4.69) is 25.1 Å². The molecule has 24 heavy (non-hydrogen) atoms. The molecule has 6 nitrogen and oxygen atoms in total. The minimum absolute atomic E-state index is 0.0308. The van der Waals surface area contributed by atoms with Crippen molar-refractivity contribution in [1.82, 2.24) is 14.9 Å². The Hall–Kier alpha value is -2.47. The van der Waals surface area contributed by atoms with E-state index in [0.29, 0.717) is 0 Å². The van der Waals surface area contributed by atoms with Crippen molar-refractivity contribution >= 4 is 17.5 Å². The lowest BCUT2D eigenvalue weighted by Gasteiger charge is -2.37. The van der Waals surface area contributed by atoms with Crippen LogP contribution in [0.3, 0.4) is 0 Å². The van der Waals surface area contributed by atoms with E-state index in [1.54, 1.807) is 12.4 Å². The molecule has 1 atom stereocenters. The molecular weight excluding hydrogens is 302 g/mol. The molecule has 0 radical (unpaired) electrons. The van der Waals surface area contributed by atoms with Crippen molar-refractivity contribution in [2.24, 2.45) is 0 Å². The van der Waals surface area contributed by atoms with Gasteiger partial charge in [0.25, 0.3) is 0 Å². The molecule has 1 amide bonds. The first kappa shape index (κ1) is 16.4. The minimum Gasteiger partial charge on any atom is -0.338 e. The maximum absolute atomic E-state index is 12.5. The number of hydrogen-bond donors (Lipinski definition) is 1. The molecule has 1 aliphatic heterocycles. The minimum atomic E-state index is -0.162. The number of rotatable bonds is 4. The van der Waals surface area contributed by atoms with Crippen molar-refractivity contribution in [3.8, 4) is 0 Å². The van der Waals surface area contributed by atoms with Crippen LogP contribution in [0.25, 0.3) is 0 Å². The van der Waals surface area contributed by atoms with Crippen LogP contribution in [-0.4, -0.2) is 53.0 Å². The number of amides is 1. The Morgan fingerprint density at radius 1 is 1.08 bits per heavy atom. The number of carbonyl (C=O) groups excluding carboxylic acids is 1. The number of anilines is 2. The first-order valence-electron chi connectivity index (χ1n) is 8.27. The molecule has 3 rings (SSSR count). The van der Waals surface area contributed by atoms with E-state index in [0.717, 1.165) is 37.8 Å². The smallest absolute Gasteiger partial charge is 0.241 e. The highest BCUT2D eigenvalue weighted by Gasteiger charge is 2.26. The first-order chi connectivity index (χ1) is 11.6. The number of piperazine rings is 1. The van der Waals surface area contributed by atoms with Gasteiger partial charge in [-0.3, -0.25) is 9.69 Å². The van der Waals surface area contributed by atoms with Gasteiger partial charge in [-0.25, -0.2) is 9.97 Å². The van der Waals surface area contributed by atoms with Gasteiger partial charge in [0.2, 0.25) is 11.9 Å². The molecule has 0 unspecified atom stereocenters. The number of benzene rings is 1. The van der Waals surface area contributed by atoms with Gasteiger partial charge in [0, 0.05) is 44.3 Å². The molecule has 0 bridgehead atoms. The van der Waals surface area contributed by atoms with Crippen LogP contribution in [0.5, 0.6) is 0 Å². The van der Waals surface area contributed by atoms with E-state index in [9.17, 15) is 4.79 Å². The van der Waals surface area contributed by atoms with Crippen LogP contribution in [0.1, 0.15) is 12.5 Å². The summed E-state index contributed by atoms with van der Waals surface area (Å²) < 4.78 is 0. The standard InChI is InChI=1S/C18H23N5O/c1-14-4-6-16(7-5-14)21-17(24)15(2)22-10-12-23(13-11-22)18-19-8-3-9-20-18/h3-9,15H,10-13H2,1-2H3,(H,21,24)/t15-/m0/s1. The predicted molar refractivity (Wildman–Crippen MR) is 95.1 cm³/mol. The van der Waals surface area contributed by atoms with Crippen LogP contribution in [0.15, 0.2) is 42.7 Å².